The van der Waals surface area contributed by atoms with Gasteiger partial charge in [0.2, 0.25) is 0 Å². The molecule has 0 bridgehead atoms. The molecule has 6 nitrogen and oxygen atoms in total. The first-order chi connectivity index (χ1) is 13.2. The maximum atomic E-state index is 13.2. The molecule has 1 atom stereocenters. The maximum Gasteiger partial charge on any atom is 0.254 e. The lowest BCUT2D eigenvalue weighted by molar-refractivity contribution is -0.125. The van der Waals surface area contributed by atoms with Gasteiger partial charge >= 0.3 is 0 Å². The number of rotatable bonds is 1. The van der Waals surface area contributed by atoms with Gasteiger partial charge in [-0.15, -0.1) is 0 Å². The fraction of sp³-hybridized carbons (Fsp3) is 0.571. The molecular formula is C21H27N3O3. The summed E-state index contributed by atoms with van der Waals surface area (Å²) in [5.41, 5.74) is 4.26. The summed E-state index contributed by atoms with van der Waals surface area (Å²) in [6.45, 7) is 4.53. The molecule has 1 amide bonds. The van der Waals surface area contributed by atoms with E-state index in [0.717, 1.165) is 37.0 Å². The summed E-state index contributed by atoms with van der Waals surface area (Å²) in [5.74, 6) is 0.0922. The molecule has 6 heteroatoms. The molecule has 1 spiro atoms. The lowest BCUT2D eigenvalue weighted by Gasteiger charge is -2.41. The van der Waals surface area contributed by atoms with Crippen LogP contribution in [0.25, 0.3) is 10.9 Å². The molecule has 3 aliphatic rings. The SMILES string of the molecule is O=C(c1ccc2[nH]c3c(c2c1)CCCC3)N1CCO[C@]2(CNCCOC2)C1. The van der Waals surface area contributed by atoms with Gasteiger partial charge in [-0.2, -0.15) is 0 Å². The Kier molecular flexibility index (Phi) is 4.42. The maximum absolute atomic E-state index is 13.2. The fourth-order valence-electron chi connectivity index (χ4n) is 4.70. The van der Waals surface area contributed by atoms with E-state index in [-0.39, 0.29) is 5.91 Å². The molecule has 2 fully saturated rings. The first kappa shape index (κ1) is 17.2. The molecule has 0 unspecified atom stereocenters. The van der Waals surface area contributed by atoms with Gasteiger partial charge in [0.05, 0.1) is 26.4 Å². The predicted octanol–water partition coefficient (Wildman–Crippen LogP) is 1.88. The predicted molar refractivity (Wildman–Crippen MR) is 103 cm³/mol. The van der Waals surface area contributed by atoms with Crippen LogP contribution in [0.4, 0.5) is 0 Å². The van der Waals surface area contributed by atoms with E-state index >= 15 is 0 Å². The van der Waals surface area contributed by atoms with Crippen molar-refractivity contribution in [3.8, 4) is 0 Å². The summed E-state index contributed by atoms with van der Waals surface area (Å²) < 4.78 is 11.7. The topological polar surface area (TPSA) is 66.6 Å². The highest BCUT2D eigenvalue weighted by atomic mass is 16.5. The first-order valence-electron chi connectivity index (χ1n) is 10.1. The van der Waals surface area contributed by atoms with Crippen molar-refractivity contribution in [3.63, 3.8) is 0 Å². The lowest BCUT2D eigenvalue weighted by Crippen LogP contribution is -2.59. The summed E-state index contributed by atoms with van der Waals surface area (Å²) in [6.07, 6.45) is 4.71. The molecule has 1 aromatic carbocycles. The van der Waals surface area contributed by atoms with Crippen LogP contribution in [0.5, 0.6) is 0 Å². The number of carbonyl (C=O) groups is 1. The summed E-state index contributed by atoms with van der Waals surface area (Å²) in [7, 11) is 0. The average Bonchev–Trinajstić information content (AvgIpc) is 2.93. The number of nitrogens with one attached hydrogen (secondary N) is 2. The van der Waals surface area contributed by atoms with Crippen LogP contribution in [0.1, 0.15) is 34.5 Å². The highest BCUT2D eigenvalue weighted by Crippen LogP contribution is 2.30. The average molecular weight is 369 g/mol. The second kappa shape index (κ2) is 6.93. The molecule has 2 aliphatic heterocycles. The number of H-pyrrole nitrogens is 1. The number of morpholine rings is 1. The molecular weight excluding hydrogens is 342 g/mol. The Balaban J connectivity index is 1.41. The van der Waals surface area contributed by atoms with Crippen molar-refractivity contribution in [2.75, 3.05) is 46.0 Å². The van der Waals surface area contributed by atoms with Gasteiger partial charge < -0.3 is 24.7 Å². The van der Waals surface area contributed by atoms with Crippen molar-refractivity contribution >= 4 is 16.8 Å². The lowest BCUT2D eigenvalue weighted by atomic mass is 9.95. The molecule has 1 aliphatic carbocycles. The van der Waals surface area contributed by atoms with E-state index in [4.69, 9.17) is 9.47 Å². The van der Waals surface area contributed by atoms with Gasteiger partial charge in [-0.3, -0.25) is 4.79 Å². The summed E-state index contributed by atoms with van der Waals surface area (Å²) >= 11 is 0. The van der Waals surface area contributed by atoms with Crippen LogP contribution >= 0.6 is 0 Å². The van der Waals surface area contributed by atoms with E-state index in [9.17, 15) is 4.79 Å². The Labute approximate surface area is 159 Å². The van der Waals surface area contributed by atoms with E-state index < -0.39 is 5.60 Å². The van der Waals surface area contributed by atoms with Gasteiger partial charge in [-0.25, -0.2) is 0 Å². The number of carbonyl (C=O) groups excluding carboxylic acids is 1. The number of fused-ring (bicyclic) bond motifs is 3. The number of aromatic nitrogens is 1. The Hall–Kier alpha value is -1.89. The number of amides is 1. The van der Waals surface area contributed by atoms with Gasteiger partial charge in [0, 0.05) is 41.8 Å². The molecule has 27 heavy (non-hydrogen) atoms. The second-order valence-corrected chi connectivity index (χ2v) is 8.04. The molecule has 5 rings (SSSR count). The van der Waals surface area contributed by atoms with Crippen molar-refractivity contribution in [1.82, 2.24) is 15.2 Å². The number of aryl methyl sites for hydroxylation is 2. The van der Waals surface area contributed by atoms with Crippen LogP contribution in [0, 0.1) is 0 Å². The zero-order chi connectivity index (χ0) is 18.3. The minimum absolute atomic E-state index is 0.0922. The zero-order valence-corrected chi connectivity index (χ0v) is 15.7. The molecule has 144 valence electrons. The van der Waals surface area contributed by atoms with Crippen LogP contribution in [0.15, 0.2) is 18.2 Å². The van der Waals surface area contributed by atoms with Gasteiger partial charge in [-0.05, 0) is 49.4 Å². The van der Waals surface area contributed by atoms with E-state index in [1.807, 2.05) is 11.0 Å². The Morgan fingerprint density at radius 2 is 2.11 bits per heavy atom. The second-order valence-electron chi connectivity index (χ2n) is 8.04. The zero-order valence-electron chi connectivity index (χ0n) is 15.7. The molecule has 3 heterocycles. The molecule has 0 radical (unpaired) electrons. The van der Waals surface area contributed by atoms with Crippen molar-refractivity contribution in [1.29, 1.82) is 0 Å². The van der Waals surface area contributed by atoms with Crippen LogP contribution < -0.4 is 5.32 Å². The quantitative estimate of drug-likeness (QED) is 0.806. The van der Waals surface area contributed by atoms with Crippen molar-refractivity contribution in [3.05, 3.63) is 35.0 Å². The third-order valence-corrected chi connectivity index (χ3v) is 6.12. The normalized spacial score (nSPS) is 26.1. The van der Waals surface area contributed by atoms with Gasteiger partial charge in [0.15, 0.2) is 0 Å². The van der Waals surface area contributed by atoms with Crippen LogP contribution in [-0.2, 0) is 22.3 Å². The largest absolute Gasteiger partial charge is 0.377 e. The van der Waals surface area contributed by atoms with Crippen LogP contribution in [0.3, 0.4) is 0 Å². The third kappa shape index (κ3) is 3.16. The highest BCUT2D eigenvalue weighted by molar-refractivity contribution is 5.99. The Morgan fingerprint density at radius 1 is 1.19 bits per heavy atom. The molecule has 2 aromatic rings. The van der Waals surface area contributed by atoms with E-state index in [2.05, 4.69) is 22.4 Å². The molecule has 2 N–H and O–H groups in total. The first-order valence-corrected chi connectivity index (χ1v) is 10.1. The number of benzene rings is 1. The summed E-state index contributed by atoms with van der Waals surface area (Å²) in [4.78, 5) is 18.7. The standard InChI is InChI=1S/C21H27N3O3/c25-20(24-8-10-27-21(13-24)12-22-7-9-26-14-21)15-5-6-19-17(11-15)16-3-1-2-4-18(16)23-19/h5-6,11,22-23H,1-4,7-10,12-14H2/t21-/m1/s1. The van der Waals surface area contributed by atoms with Crippen molar-refractivity contribution in [2.45, 2.75) is 31.3 Å². The Bertz CT molecular complexity index is 852. The number of hydrogen-bond acceptors (Lipinski definition) is 4. The van der Waals surface area contributed by atoms with Crippen LogP contribution in [0.2, 0.25) is 0 Å². The van der Waals surface area contributed by atoms with Crippen LogP contribution in [-0.4, -0.2) is 67.4 Å². The van der Waals surface area contributed by atoms with E-state index in [0.29, 0.717) is 32.9 Å². The van der Waals surface area contributed by atoms with Gasteiger partial charge in [-0.1, -0.05) is 0 Å². The number of aromatic amines is 1. The fourth-order valence-corrected chi connectivity index (χ4v) is 4.70. The number of hydrogen-bond donors (Lipinski definition) is 2. The minimum atomic E-state index is -0.429. The summed E-state index contributed by atoms with van der Waals surface area (Å²) in [5, 5.41) is 4.59. The molecule has 0 saturated carbocycles. The Morgan fingerprint density at radius 3 is 3.07 bits per heavy atom. The van der Waals surface area contributed by atoms with Gasteiger partial charge in [0.25, 0.3) is 5.91 Å². The van der Waals surface area contributed by atoms with Crippen molar-refractivity contribution in [2.24, 2.45) is 0 Å². The monoisotopic (exact) mass is 369 g/mol. The smallest absolute Gasteiger partial charge is 0.254 e. The molecule has 1 aromatic heterocycles. The minimum Gasteiger partial charge on any atom is -0.377 e. The summed E-state index contributed by atoms with van der Waals surface area (Å²) in [6, 6.07) is 6.10. The number of nitrogens with zero attached hydrogens (tertiary/aromatic N) is 1. The molecule has 2 saturated heterocycles. The number of ether oxygens (including phenoxy) is 2. The van der Waals surface area contributed by atoms with E-state index in [1.165, 1.54) is 29.5 Å². The highest BCUT2D eigenvalue weighted by Gasteiger charge is 2.39. The van der Waals surface area contributed by atoms with Gasteiger partial charge in [0.1, 0.15) is 5.60 Å². The van der Waals surface area contributed by atoms with Crippen molar-refractivity contribution < 1.29 is 14.3 Å². The third-order valence-electron chi connectivity index (χ3n) is 6.12. The van der Waals surface area contributed by atoms with E-state index in [1.54, 1.807) is 0 Å².